The van der Waals surface area contributed by atoms with E-state index < -0.39 is 0 Å². The van der Waals surface area contributed by atoms with Gasteiger partial charge in [0.2, 0.25) is 0 Å². The molecule has 2 N–H and O–H groups in total. The number of phenols is 1. The minimum absolute atomic E-state index is 0.371. The average molecular weight is 527 g/mol. The first kappa shape index (κ1) is 27.6. The lowest BCUT2D eigenvalue weighted by Crippen LogP contribution is -2.40. The van der Waals surface area contributed by atoms with Crippen molar-refractivity contribution in [2.24, 2.45) is 5.41 Å². The van der Waals surface area contributed by atoms with Crippen molar-refractivity contribution in [3.63, 3.8) is 0 Å². The highest BCUT2D eigenvalue weighted by Gasteiger charge is 2.26. The van der Waals surface area contributed by atoms with Crippen LogP contribution in [0.1, 0.15) is 73.3 Å². The summed E-state index contributed by atoms with van der Waals surface area (Å²) >= 11 is 0. The Bertz CT molecular complexity index is 1230. The summed E-state index contributed by atoms with van der Waals surface area (Å²) in [5, 5.41) is 13.6. The van der Waals surface area contributed by atoms with Gasteiger partial charge in [0.15, 0.2) is 0 Å². The molecule has 1 saturated heterocycles. The molecule has 4 heteroatoms. The lowest BCUT2D eigenvalue weighted by atomic mass is 9.79. The third-order valence-corrected chi connectivity index (χ3v) is 8.80. The molecule has 1 unspecified atom stereocenters. The van der Waals surface area contributed by atoms with Gasteiger partial charge in [-0.05, 0) is 115 Å². The monoisotopic (exact) mass is 526 g/mol. The number of fused-ring (bicyclic) bond motifs is 1. The van der Waals surface area contributed by atoms with Gasteiger partial charge >= 0.3 is 0 Å². The van der Waals surface area contributed by atoms with Crippen LogP contribution in [0.25, 0.3) is 0 Å². The third kappa shape index (κ3) is 7.36. The fraction of sp³-hybridized carbons (Fsp3) is 0.486. The molecule has 0 saturated carbocycles. The molecule has 5 rings (SSSR count). The van der Waals surface area contributed by atoms with E-state index in [9.17, 15) is 5.11 Å². The molecule has 3 aromatic carbocycles. The number of nitrogens with zero attached hydrogens (tertiary/aromatic N) is 1. The van der Waals surface area contributed by atoms with Crippen molar-refractivity contribution in [2.45, 2.75) is 71.1 Å². The summed E-state index contributed by atoms with van der Waals surface area (Å²) in [6.07, 6.45) is 9.11. The number of phenolic OH excluding ortho intramolecular Hbond substituents is 1. The number of ether oxygens (including phenoxy) is 1. The zero-order chi connectivity index (χ0) is 27.2. The maximum Gasteiger partial charge on any atom is 0.120 e. The van der Waals surface area contributed by atoms with Gasteiger partial charge < -0.3 is 20.1 Å². The third-order valence-electron chi connectivity index (χ3n) is 8.80. The topological polar surface area (TPSA) is 44.7 Å². The van der Waals surface area contributed by atoms with Crippen molar-refractivity contribution in [1.82, 2.24) is 4.90 Å². The Hall–Kier alpha value is -2.98. The van der Waals surface area contributed by atoms with E-state index >= 15 is 0 Å². The Morgan fingerprint density at radius 3 is 2.54 bits per heavy atom. The fourth-order valence-corrected chi connectivity index (χ4v) is 6.59. The molecule has 1 fully saturated rings. The zero-order valence-corrected chi connectivity index (χ0v) is 24.1. The molecule has 3 aromatic rings. The Morgan fingerprint density at radius 2 is 1.77 bits per heavy atom. The molecule has 0 bridgehead atoms. The van der Waals surface area contributed by atoms with Crippen LogP contribution >= 0.6 is 0 Å². The minimum atomic E-state index is 0.371. The molecule has 4 nitrogen and oxygen atoms in total. The number of hydrogen-bond donors (Lipinski definition) is 2. The van der Waals surface area contributed by atoms with Gasteiger partial charge in [-0.3, -0.25) is 0 Å². The lowest BCUT2D eigenvalue weighted by Gasteiger charge is -2.38. The van der Waals surface area contributed by atoms with E-state index in [2.05, 4.69) is 72.6 Å². The summed E-state index contributed by atoms with van der Waals surface area (Å²) in [5.74, 6) is 1.74. The Morgan fingerprint density at radius 1 is 0.974 bits per heavy atom. The molecule has 0 radical (unpaired) electrons. The van der Waals surface area contributed by atoms with Crippen LogP contribution in [-0.2, 0) is 25.7 Å². The first-order valence-electron chi connectivity index (χ1n) is 14.9. The highest BCUT2D eigenvalue weighted by molar-refractivity contribution is 5.57. The quantitative estimate of drug-likeness (QED) is 0.271. The number of piperidine rings is 1. The molecule has 1 heterocycles. The van der Waals surface area contributed by atoms with Crippen LogP contribution in [0.15, 0.2) is 60.7 Å². The molecule has 208 valence electrons. The van der Waals surface area contributed by atoms with Gasteiger partial charge in [-0.25, -0.2) is 0 Å². The highest BCUT2D eigenvalue weighted by atomic mass is 16.5. The number of methoxy groups -OCH3 is 1. The van der Waals surface area contributed by atoms with Crippen LogP contribution in [0.2, 0.25) is 0 Å². The molecule has 39 heavy (non-hydrogen) atoms. The number of benzene rings is 3. The van der Waals surface area contributed by atoms with Crippen LogP contribution in [0.4, 0.5) is 5.69 Å². The Labute approximate surface area is 235 Å². The molecule has 0 spiro atoms. The van der Waals surface area contributed by atoms with E-state index in [0.29, 0.717) is 17.1 Å². The van der Waals surface area contributed by atoms with E-state index in [0.717, 1.165) is 50.8 Å². The van der Waals surface area contributed by atoms with Crippen LogP contribution in [0, 0.1) is 5.41 Å². The molecular formula is C35H46N2O2. The summed E-state index contributed by atoms with van der Waals surface area (Å²) in [6, 6.07) is 21.6. The summed E-state index contributed by atoms with van der Waals surface area (Å²) in [7, 11) is 1.74. The van der Waals surface area contributed by atoms with Gasteiger partial charge in [0.05, 0.1) is 7.11 Å². The smallest absolute Gasteiger partial charge is 0.120 e. The van der Waals surface area contributed by atoms with Crippen molar-refractivity contribution < 1.29 is 9.84 Å². The summed E-state index contributed by atoms with van der Waals surface area (Å²) in [5.41, 5.74) is 8.54. The number of anilines is 1. The van der Waals surface area contributed by atoms with Crippen LogP contribution in [0.3, 0.4) is 0 Å². The maximum atomic E-state index is 9.85. The lowest BCUT2D eigenvalue weighted by molar-refractivity contribution is 0.119. The van der Waals surface area contributed by atoms with E-state index in [-0.39, 0.29) is 0 Å². The SMILES string of the molecule is COc1ccc(C2CCc3cc(O)ccc3C2)c(NCCCc2ccc(CCN3CCCC(C)(C)C3)cc2)c1. The summed E-state index contributed by atoms with van der Waals surface area (Å²) < 4.78 is 5.55. The van der Waals surface area contributed by atoms with E-state index in [1.807, 2.05) is 12.1 Å². The van der Waals surface area contributed by atoms with Crippen molar-refractivity contribution in [1.29, 1.82) is 0 Å². The standard InChI is InChI=1S/C35H46N2O2/c1-35(2)18-5-20-37(25-35)21-17-27-9-7-26(8-10-27)6-4-19-36-34-24-32(39-3)15-16-33(34)30-12-11-29-23-31(38)14-13-28(29)22-30/h7-10,13-16,23-24,30,36,38H,4-6,11-12,17-22,25H2,1-3H3. The number of rotatable bonds is 10. The largest absolute Gasteiger partial charge is 0.508 e. The number of nitrogens with one attached hydrogen (secondary N) is 1. The predicted octanol–water partition coefficient (Wildman–Crippen LogP) is 7.38. The zero-order valence-electron chi connectivity index (χ0n) is 24.1. The second kappa shape index (κ2) is 12.5. The second-order valence-corrected chi connectivity index (χ2v) is 12.5. The number of likely N-dealkylation sites (tertiary alicyclic amines) is 1. The number of aromatic hydroxyl groups is 1. The van der Waals surface area contributed by atoms with Crippen molar-refractivity contribution in [3.05, 3.63) is 88.5 Å². The van der Waals surface area contributed by atoms with Gasteiger partial charge in [-0.15, -0.1) is 0 Å². The Kier molecular flexibility index (Phi) is 8.82. The molecular weight excluding hydrogens is 480 g/mol. The molecule has 1 aliphatic heterocycles. The molecule has 0 amide bonds. The van der Waals surface area contributed by atoms with Gasteiger partial charge in [-0.2, -0.15) is 0 Å². The van der Waals surface area contributed by atoms with Crippen LogP contribution < -0.4 is 10.1 Å². The van der Waals surface area contributed by atoms with E-state index in [4.69, 9.17) is 4.74 Å². The second-order valence-electron chi connectivity index (χ2n) is 12.5. The fourth-order valence-electron chi connectivity index (χ4n) is 6.59. The van der Waals surface area contributed by atoms with Crippen molar-refractivity contribution in [2.75, 3.05) is 38.6 Å². The highest BCUT2D eigenvalue weighted by Crippen LogP contribution is 2.38. The molecule has 1 aliphatic carbocycles. The predicted molar refractivity (Wildman–Crippen MR) is 162 cm³/mol. The molecule has 2 aliphatic rings. The maximum absolute atomic E-state index is 9.85. The van der Waals surface area contributed by atoms with Gasteiger partial charge in [0.25, 0.3) is 0 Å². The number of hydrogen-bond acceptors (Lipinski definition) is 4. The van der Waals surface area contributed by atoms with Crippen molar-refractivity contribution in [3.8, 4) is 11.5 Å². The van der Waals surface area contributed by atoms with Crippen LogP contribution in [0.5, 0.6) is 11.5 Å². The van der Waals surface area contributed by atoms with E-state index in [1.165, 1.54) is 66.0 Å². The first-order chi connectivity index (χ1) is 18.9. The average Bonchev–Trinajstić information content (AvgIpc) is 2.94. The Balaban J connectivity index is 1.12. The van der Waals surface area contributed by atoms with Gasteiger partial charge in [0, 0.05) is 31.4 Å². The first-order valence-corrected chi connectivity index (χ1v) is 14.9. The number of aryl methyl sites for hydroxylation is 2. The summed E-state index contributed by atoms with van der Waals surface area (Å²) in [4.78, 5) is 2.65. The summed E-state index contributed by atoms with van der Waals surface area (Å²) in [6.45, 7) is 9.39. The van der Waals surface area contributed by atoms with Crippen molar-refractivity contribution >= 4 is 5.69 Å². The van der Waals surface area contributed by atoms with Crippen LogP contribution in [-0.4, -0.2) is 43.3 Å². The van der Waals surface area contributed by atoms with E-state index in [1.54, 1.807) is 7.11 Å². The van der Waals surface area contributed by atoms with Gasteiger partial charge in [0.1, 0.15) is 11.5 Å². The minimum Gasteiger partial charge on any atom is -0.508 e. The van der Waals surface area contributed by atoms with Gasteiger partial charge in [-0.1, -0.05) is 50.2 Å². The normalized spacial score (nSPS) is 18.9. The molecule has 1 atom stereocenters. The molecule has 0 aromatic heterocycles.